The van der Waals surface area contributed by atoms with Crippen LogP contribution in [0.2, 0.25) is 0 Å². The van der Waals surface area contributed by atoms with E-state index in [0.29, 0.717) is 22.6 Å². The molecule has 6 nitrogen and oxygen atoms in total. The monoisotopic (exact) mass is 404 g/mol. The number of ether oxygens (including phenoxy) is 2. The van der Waals surface area contributed by atoms with Crippen molar-refractivity contribution in [2.24, 2.45) is 0 Å². The first-order chi connectivity index (χ1) is 13.8. The predicted octanol–water partition coefficient (Wildman–Crippen LogP) is 4.75. The van der Waals surface area contributed by atoms with Crippen LogP contribution in [0.4, 0.5) is 19.0 Å². The van der Waals surface area contributed by atoms with Gasteiger partial charge in [0.15, 0.2) is 11.5 Å². The van der Waals surface area contributed by atoms with Gasteiger partial charge in [-0.2, -0.15) is 13.2 Å². The van der Waals surface area contributed by atoms with Crippen LogP contribution >= 0.6 is 0 Å². The Balaban J connectivity index is 2.00. The molecule has 152 valence electrons. The van der Waals surface area contributed by atoms with Gasteiger partial charge in [0.2, 0.25) is 0 Å². The lowest BCUT2D eigenvalue weighted by Gasteiger charge is -2.20. The molecule has 2 heterocycles. The minimum Gasteiger partial charge on any atom is -0.497 e. The van der Waals surface area contributed by atoms with E-state index in [-0.39, 0.29) is 11.6 Å². The molecule has 29 heavy (non-hydrogen) atoms. The summed E-state index contributed by atoms with van der Waals surface area (Å²) in [7, 11) is 3.05. The zero-order valence-corrected chi connectivity index (χ0v) is 16.0. The van der Waals surface area contributed by atoms with E-state index >= 15 is 0 Å². The summed E-state index contributed by atoms with van der Waals surface area (Å²) in [5, 5.41) is 3.00. The normalized spacial score (nSPS) is 12.3. The predicted molar refractivity (Wildman–Crippen MR) is 102 cm³/mol. The summed E-state index contributed by atoms with van der Waals surface area (Å²) in [5.41, 5.74) is 0.0499. The Kier molecular flexibility index (Phi) is 5.86. The number of aromatic nitrogens is 3. The maximum Gasteiger partial charge on any atom is 0.433 e. The van der Waals surface area contributed by atoms with Crippen molar-refractivity contribution < 1.29 is 22.6 Å². The average molecular weight is 404 g/mol. The van der Waals surface area contributed by atoms with Crippen molar-refractivity contribution in [3.8, 4) is 22.9 Å². The third kappa shape index (κ3) is 4.74. The number of pyridine rings is 1. The molecule has 0 aliphatic rings. The van der Waals surface area contributed by atoms with Crippen molar-refractivity contribution in [1.29, 1.82) is 0 Å². The van der Waals surface area contributed by atoms with E-state index in [9.17, 15) is 13.2 Å². The largest absolute Gasteiger partial charge is 0.497 e. The van der Waals surface area contributed by atoms with Gasteiger partial charge in [-0.3, -0.25) is 4.98 Å². The van der Waals surface area contributed by atoms with Crippen molar-refractivity contribution in [3.05, 3.63) is 60.0 Å². The summed E-state index contributed by atoms with van der Waals surface area (Å²) in [6.45, 7) is 1.79. The molecule has 2 aromatic heterocycles. The van der Waals surface area contributed by atoms with E-state index in [1.54, 1.807) is 37.3 Å². The molecular weight excluding hydrogens is 385 g/mol. The molecule has 0 spiro atoms. The number of benzene rings is 1. The topological polar surface area (TPSA) is 69.2 Å². The smallest absolute Gasteiger partial charge is 0.433 e. The molecule has 1 N–H and O–H groups in total. The lowest BCUT2D eigenvalue weighted by Crippen LogP contribution is -2.14. The highest BCUT2D eigenvalue weighted by molar-refractivity contribution is 5.57. The summed E-state index contributed by atoms with van der Waals surface area (Å²) < 4.78 is 50.7. The molecule has 9 heteroatoms. The zero-order valence-electron chi connectivity index (χ0n) is 16.0. The van der Waals surface area contributed by atoms with E-state index in [1.807, 2.05) is 0 Å². The first-order valence-corrected chi connectivity index (χ1v) is 8.67. The van der Waals surface area contributed by atoms with Crippen LogP contribution in [0.15, 0.2) is 48.8 Å². The van der Waals surface area contributed by atoms with Crippen molar-refractivity contribution in [3.63, 3.8) is 0 Å². The SMILES string of the molecule is COc1ccc(OC)c(C(C)Nc2cc(C(F)(F)F)nc(-c3cccnc3)n2)c1. The highest BCUT2D eigenvalue weighted by Gasteiger charge is 2.34. The van der Waals surface area contributed by atoms with Crippen LogP contribution in [0.25, 0.3) is 11.4 Å². The molecule has 3 rings (SSSR count). The molecule has 0 aliphatic carbocycles. The number of rotatable bonds is 6. The molecule has 0 saturated heterocycles. The Morgan fingerprint density at radius 3 is 2.45 bits per heavy atom. The Bertz CT molecular complexity index is 981. The van der Waals surface area contributed by atoms with Crippen molar-refractivity contribution >= 4 is 5.82 Å². The molecule has 1 atom stereocenters. The second kappa shape index (κ2) is 8.34. The fourth-order valence-electron chi connectivity index (χ4n) is 2.77. The van der Waals surface area contributed by atoms with Gasteiger partial charge in [0.25, 0.3) is 0 Å². The van der Waals surface area contributed by atoms with Crippen LogP contribution < -0.4 is 14.8 Å². The number of halogens is 3. The van der Waals surface area contributed by atoms with Crippen molar-refractivity contribution in [2.75, 3.05) is 19.5 Å². The molecule has 0 saturated carbocycles. The summed E-state index contributed by atoms with van der Waals surface area (Å²) in [6, 6.07) is 8.89. The number of methoxy groups -OCH3 is 2. The van der Waals surface area contributed by atoms with Gasteiger partial charge in [0.1, 0.15) is 17.3 Å². The number of nitrogens with one attached hydrogen (secondary N) is 1. The zero-order chi connectivity index (χ0) is 21.0. The van der Waals surface area contributed by atoms with Crippen LogP contribution in [-0.4, -0.2) is 29.2 Å². The number of alkyl halides is 3. The Hall–Kier alpha value is -3.36. The van der Waals surface area contributed by atoms with Crippen LogP contribution in [0, 0.1) is 0 Å². The minimum atomic E-state index is -4.62. The Morgan fingerprint density at radius 1 is 1.03 bits per heavy atom. The van der Waals surface area contributed by atoms with Gasteiger partial charge in [0.05, 0.1) is 20.3 Å². The van der Waals surface area contributed by atoms with E-state index in [4.69, 9.17) is 9.47 Å². The molecule has 0 aliphatic heterocycles. The van der Waals surface area contributed by atoms with E-state index in [2.05, 4.69) is 20.3 Å². The Morgan fingerprint density at radius 2 is 1.83 bits per heavy atom. The first-order valence-electron chi connectivity index (χ1n) is 8.67. The standard InChI is InChI=1S/C20H19F3N4O2/c1-12(15-9-14(28-2)6-7-16(15)29-3)25-18-10-17(20(21,22)23)26-19(27-18)13-5-4-8-24-11-13/h4-12H,1-3H3,(H,25,26,27). The van der Waals surface area contributed by atoms with Crippen LogP contribution in [0.3, 0.4) is 0 Å². The fraction of sp³-hybridized carbons (Fsp3) is 0.250. The van der Waals surface area contributed by atoms with Gasteiger partial charge in [-0.15, -0.1) is 0 Å². The summed E-state index contributed by atoms with van der Waals surface area (Å²) >= 11 is 0. The van der Waals surface area contributed by atoms with E-state index < -0.39 is 17.9 Å². The van der Waals surface area contributed by atoms with Crippen LogP contribution in [0.1, 0.15) is 24.2 Å². The highest BCUT2D eigenvalue weighted by Crippen LogP contribution is 2.34. The van der Waals surface area contributed by atoms with Gasteiger partial charge >= 0.3 is 6.18 Å². The van der Waals surface area contributed by atoms with Gasteiger partial charge < -0.3 is 14.8 Å². The Labute approximate surface area is 165 Å². The number of hydrogen-bond donors (Lipinski definition) is 1. The third-order valence-corrected chi connectivity index (χ3v) is 4.20. The molecule has 0 amide bonds. The van der Waals surface area contributed by atoms with Gasteiger partial charge in [0, 0.05) is 29.6 Å². The first kappa shape index (κ1) is 20.4. The molecule has 0 fully saturated rings. The molecule has 1 unspecified atom stereocenters. The van der Waals surface area contributed by atoms with E-state index in [0.717, 1.165) is 6.07 Å². The molecule has 1 aromatic carbocycles. The van der Waals surface area contributed by atoms with E-state index in [1.165, 1.54) is 26.6 Å². The second-order valence-electron chi connectivity index (χ2n) is 6.18. The maximum absolute atomic E-state index is 13.4. The lowest BCUT2D eigenvalue weighted by atomic mass is 10.1. The van der Waals surface area contributed by atoms with Crippen molar-refractivity contribution in [2.45, 2.75) is 19.1 Å². The maximum atomic E-state index is 13.4. The molecular formula is C20H19F3N4O2. The average Bonchev–Trinajstić information content (AvgIpc) is 2.73. The van der Waals surface area contributed by atoms with Gasteiger partial charge in [-0.1, -0.05) is 0 Å². The summed E-state index contributed by atoms with van der Waals surface area (Å²) in [6.07, 6.45) is -1.69. The highest BCUT2D eigenvalue weighted by atomic mass is 19.4. The number of hydrogen-bond acceptors (Lipinski definition) is 6. The van der Waals surface area contributed by atoms with Crippen molar-refractivity contribution in [1.82, 2.24) is 15.0 Å². The third-order valence-electron chi connectivity index (χ3n) is 4.20. The molecule has 0 radical (unpaired) electrons. The van der Waals surface area contributed by atoms with Crippen LogP contribution in [-0.2, 0) is 6.18 Å². The van der Waals surface area contributed by atoms with Gasteiger partial charge in [-0.25, -0.2) is 9.97 Å². The lowest BCUT2D eigenvalue weighted by molar-refractivity contribution is -0.141. The second-order valence-corrected chi connectivity index (χ2v) is 6.18. The quantitative estimate of drug-likeness (QED) is 0.640. The minimum absolute atomic E-state index is 0.0311. The fourth-order valence-corrected chi connectivity index (χ4v) is 2.77. The summed E-state index contributed by atoms with van der Waals surface area (Å²) in [5.74, 6) is 1.14. The number of nitrogens with zero attached hydrogens (tertiary/aromatic N) is 3. The molecule has 0 bridgehead atoms. The summed E-state index contributed by atoms with van der Waals surface area (Å²) in [4.78, 5) is 11.8. The number of anilines is 1. The molecule has 3 aromatic rings. The van der Waals surface area contributed by atoms with Crippen LogP contribution in [0.5, 0.6) is 11.5 Å². The van der Waals surface area contributed by atoms with Gasteiger partial charge in [-0.05, 0) is 37.3 Å².